The van der Waals surface area contributed by atoms with Gasteiger partial charge in [0, 0.05) is 6.42 Å². The Labute approximate surface area is 349 Å². The molecule has 6 heteroatoms. The molecule has 0 bridgehead atoms. The summed E-state index contributed by atoms with van der Waals surface area (Å²) in [6.45, 7) is 6.47. The van der Waals surface area contributed by atoms with Gasteiger partial charge in [-0.15, -0.1) is 0 Å². The third-order valence-corrected chi connectivity index (χ3v) is 11.6. The van der Waals surface area contributed by atoms with E-state index in [4.69, 9.17) is 4.74 Å². The van der Waals surface area contributed by atoms with E-state index in [1.165, 1.54) is 173 Å². The van der Waals surface area contributed by atoms with E-state index < -0.39 is 18.2 Å². The Morgan fingerprint density at radius 3 is 1.27 bits per heavy atom. The summed E-state index contributed by atoms with van der Waals surface area (Å²) in [6, 6.07) is -0.695. The van der Waals surface area contributed by atoms with Gasteiger partial charge < -0.3 is 20.3 Å². The molecular formula is C50H97NO5. The van der Waals surface area contributed by atoms with Gasteiger partial charge in [-0.3, -0.25) is 9.59 Å². The van der Waals surface area contributed by atoms with Gasteiger partial charge in [-0.05, 0) is 51.4 Å². The number of ether oxygens (including phenoxy) is 1. The lowest BCUT2D eigenvalue weighted by atomic mass is 10.0. The number of esters is 1. The van der Waals surface area contributed by atoms with Crippen LogP contribution in [0.3, 0.4) is 0 Å². The highest BCUT2D eigenvalue weighted by molar-refractivity contribution is 5.77. The smallest absolute Gasteiger partial charge is 0.306 e. The van der Waals surface area contributed by atoms with E-state index in [0.717, 1.165) is 51.4 Å². The molecule has 56 heavy (non-hydrogen) atoms. The first-order chi connectivity index (χ1) is 27.5. The number of hydrogen-bond acceptors (Lipinski definition) is 5. The van der Waals surface area contributed by atoms with Crippen molar-refractivity contribution in [1.82, 2.24) is 5.32 Å². The minimum Gasteiger partial charge on any atom is -0.462 e. The number of nitrogens with one attached hydrogen (secondary N) is 1. The van der Waals surface area contributed by atoms with Gasteiger partial charge in [0.2, 0.25) is 5.91 Å². The summed E-state index contributed by atoms with van der Waals surface area (Å²) in [4.78, 5) is 26.0. The van der Waals surface area contributed by atoms with Gasteiger partial charge >= 0.3 is 5.97 Å². The predicted octanol–water partition coefficient (Wildman–Crippen LogP) is 14.6. The Kier molecular flexibility index (Phi) is 43.6. The molecule has 0 saturated heterocycles. The van der Waals surface area contributed by atoms with Crippen molar-refractivity contribution in [1.29, 1.82) is 0 Å². The van der Waals surface area contributed by atoms with Crippen LogP contribution in [0.5, 0.6) is 0 Å². The fourth-order valence-corrected chi connectivity index (χ4v) is 7.78. The van der Waals surface area contributed by atoms with Crippen LogP contribution in [0.15, 0.2) is 12.2 Å². The molecule has 0 aliphatic rings. The summed E-state index contributed by atoms with van der Waals surface area (Å²) in [6.07, 6.45) is 48.4. The van der Waals surface area contributed by atoms with E-state index in [1.807, 2.05) is 0 Å². The van der Waals surface area contributed by atoms with Crippen LogP contribution in [0.1, 0.15) is 271 Å². The van der Waals surface area contributed by atoms with Crippen molar-refractivity contribution in [3.8, 4) is 0 Å². The summed E-state index contributed by atoms with van der Waals surface area (Å²) < 4.78 is 5.91. The molecule has 0 heterocycles. The fraction of sp³-hybridized carbons (Fsp3) is 0.920. The van der Waals surface area contributed by atoms with Gasteiger partial charge in [-0.2, -0.15) is 0 Å². The summed E-state index contributed by atoms with van der Waals surface area (Å²) in [7, 11) is 0. The Bertz CT molecular complexity index is 847. The van der Waals surface area contributed by atoms with Gasteiger partial charge in [0.15, 0.2) is 0 Å². The minimum absolute atomic E-state index is 0.0804. The monoisotopic (exact) mass is 792 g/mol. The Hall–Kier alpha value is -1.40. The molecule has 0 aromatic rings. The van der Waals surface area contributed by atoms with Crippen LogP contribution in [0.4, 0.5) is 0 Å². The molecule has 0 radical (unpaired) electrons. The zero-order valence-corrected chi connectivity index (χ0v) is 37.8. The number of allylic oxidation sites excluding steroid dienone is 2. The second-order valence-corrected chi connectivity index (χ2v) is 17.2. The standard InChI is InChI=1S/C50H97NO5/c1-4-7-10-13-16-19-21-23-24-25-26-28-31-34-37-40-43-50(55)56-46(41-38-35-32-29-18-15-12-9-6-3)44-49(54)51-47(45-52)48(53)42-39-36-33-30-27-22-20-17-14-11-8-5-2/h24-25,46-48,52-53H,4-23,26-45H2,1-3H3,(H,51,54)/b25-24+. The molecule has 0 fully saturated rings. The maximum Gasteiger partial charge on any atom is 0.306 e. The zero-order valence-electron chi connectivity index (χ0n) is 37.8. The maximum atomic E-state index is 13.1. The van der Waals surface area contributed by atoms with Gasteiger partial charge in [0.25, 0.3) is 0 Å². The lowest BCUT2D eigenvalue weighted by Gasteiger charge is -2.24. The highest BCUT2D eigenvalue weighted by Crippen LogP contribution is 2.18. The van der Waals surface area contributed by atoms with E-state index in [1.54, 1.807) is 0 Å². The molecule has 1 amide bonds. The molecule has 0 aliphatic heterocycles. The van der Waals surface area contributed by atoms with Crippen molar-refractivity contribution in [2.75, 3.05) is 6.61 Å². The third kappa shape index (κ3) is 39.4. The lowest BCUT2D eigenvalue weighted by Crippen LogP contribution is -2.46. The van der Waals surface area contributed by atoms with Crippen molar-refractivity contribution in [2.24, 2.45) is 0 Å². The first-order valence-corrected chi connectivity index (χ1v) is 24.9. The van der Waals surface area contributed by atoms with Crippen molar-refractivity contribution in [2.45, 2.75) is 289 Å². The summed E-state index contributed by atoms with van der Waals surface area (Å²) in [5.74, 6) is -0.472. The average molecular weight is 792 g/mol. The maximum absolute atomic E-state index is 13.1. The normalized spacial score (nSPS) is 13.3. The number of rotatable bonds is 45. The van der Waals surface area contributed by atoms with Crippen LogP contribution < -0.4 is 5.32 Å². The van der Waals surface area contributed by atoms with Crippen LogP contribution in [0.25, 0.3) is 0 Å². The van der Waals surface area contributed by atoms with Gasteiger partial charge in [0.1, 0.15) is 6.10 Å². The minimum atomic E-state index is -0.781. The zero-order chi connectivity index (χ0) is 41.0. The first-order valence-electron chi connectivity index (χ1n) is 24.9. The molecule has 0 aromatic carbocycles. The third-order valence-electron chi connectivity index (χ3n) is 11.6. The molecule has 0 aliphatic carbocycles. The van der Waals surface area contributed by atoms with E-state index in [2.05, 4.69) is 38.2 Å². The van der Waals surface area contributed by atoms with E-state index in [0.29, 0.717) is 19.3 Å². The number of hydrogen-bond donors (Lipinski definition) is 3. The van der Waals surface area contributed by atoms with Crippen LogP contribution in [-0.2, 0) is 14.3 Å². The first kappa shape index (κ1) is 54.6. The predicted molar refractivity (Wildman–Crippen MR) is 241 cm³/mol. The molecule has 3 N–H and O–H groups in total. The molecule has 3 atom stereocenters. The van der Waals surface area contributed by atoms with Crippen molar-refractivity contribution < 1.29 is 24.5 Å². The van der Waals surface area contributed by atoms with Crippen LogP contribution in [-0.4, -0.2) is 46.9 Å². The lowest BCUT2D eigenvalue weighted by molar-refractivity contribution is -0.151. The van der Waals surface area contributed by atoms with E-state index in [-0.39, 0.29) is 24.9 Å². The van der Waals surface area contributed by atoms with Crippen molar-refractivity contribution in [3.05, 3.63) is 12.2 Å². The fourth-order valence-electron chi connectivity index (χ4n) is 7.78. The number of unbranched alkanes of at least 4 members (excludes halogenated alkanes) is 31. The quantitative estimate of drug-likeness (QED) is 0.0324. The molecule has 0 aromatic heterocycles. The topological polar surface area (TPSA) is 95.9 Å². The average Bonchev–Trinajstić information content (AvgIpc) is 3.19. The van der Waals surface area contributed by atoms with E-state index >= 15 is 0 Å². The molecular weight excluding hydrogens is 695 g/mol. The molecule has 0 saturated carbocycles. The van der Waals surface area contributed by atoms with Crippen LogP contribution in [0.2, 0.25) is 0 Å². The van der Waals surface area contributed by atoms with Gasteiger partial charge in [-0.25, -0.2) is 0 Å². The largest absolute Gasteiger partial charge is 0.462 e. The molecule has 0 rings (SSSR count). The summed E-state index contributed by atoms with van der Waals surface area (Å²) >= 11 is 0. The Morgan fingerprint density at radius 2 is 0.857 bits per heavy atom. The van der Waals surface area contributed by atoms with E-state index in [9.17, 15) is 19.8 Å². The summed E-state index contributed by atoms with van der Waals surface area (Å²) in [5.41, 5.74) is 0. The molecule has 0 spiro atoms. The number of amides is 1. The van der Waals surface area contributed by atoms with Crippen molar-refractivity contribution in [3.63, 3.8) is 0 Å². The molecule has 6 nitrogen and oxygen atoms in total. The van der Waals surface area contributed by atoms with Crippen LogP contribution >= 0.6 is 0 Å². The number of carbonyl (C=O) groups is 2. The van der Waals surface area contributed by atoms with Crippen LogP contribution in [0, 0.1) is 0 Å². The summed E-state index contributed by atoms with van der Waals surface area (Å²) in [5, 5.41) is 23.7. The number of aliphatic hydroxyl groups excluding tert-OH is 2. The number of carbonyl (C=O) groups excluding carboxylic acids is 2. The molecule has 332 valence electrons. The van der Waals surface area contributed by atoms with Gasteiger partial charge in [0.05, 0.1) is 25.2 Å². The highest BCUT2D eigenvalue weighted by Gasteiger charge is 2.24. The Morgan fingerprint density at radius 1 is 0.500 bits per heavy atom. The Balaban J connectivity index is 4.46. The second-order valence-electron chi connectivity index (χ2n) is 17.2. The SMILES string of the molecule is CCCCCCCCC/C=C/CCCCCCCC(=O)OC(CCCCCCCCCCC)CC(=O)NC(CO)C(O)CCCCCCCCCCCCCC. The highest BCUT2D eigenvalue weighted by atomic mass is 16.5. The second kappa shape index (κ2) is 44.7. The van der Waals surface area contributed by atoms with Gasteiger partial charge in [-0.1, -0.05) is 219 Å². The molecule has 3 unspecified atom stereocenters. The number of aliphatic hydroxyl groups is 2. The van der Waals surface area contributed by atoms with Crippen molar-refractivity contribution >= 4 is 11.9 Å².